The first kappa shape index (κ1) is 12.7. The second-order valence-electron chi connectivity index (χ2n) is 4.25. The average molecular weight is 251 g/mol. The highest BCUT2D eigenvalue weighted by Gasteiger charge is 2.21. The summed E-state index contributed by atoms with van der Waals surface area (Å²) in [5.74, 6) is -1.61. The summed E-state index contributed by atoms with van der Waals surface area (Å²) in [6.45, 7) is 1.54. The van der Waals surface area contributed by atoms with Crippen molar-refractivity contribution < 1.29 is 8.78 Å². The molecule has 0 saturated carbocycles. The predicted molar refractivity (Wildman–Crippen MR) is 65.2 cm³/mol. The van der Waals surface area contributed by atoms with Crippen LogP contribution in [0, 0.1) is 18.6 Å². The molecule has 0 fully saturated rings. The Morgan fingerprint density at radius 1 is 1.28 bits per heavy atom. The molecular formula is C13H15F2N3. The van der Waals surface area contributed by atoms with Crippen LogP contribution in [0.4, 0.5) is 8.78 Å². The zero-order valence-corrected chi connectivity index (χ0v) is 10.5. The van der Waals surface area contributed by atoms with Gasteiger partial charge in [-0.3, -0.25) is 0 Å². The Morgan fingerprint density at radius 2 is 2.00 bits per heavy atom. The predicted octanol–water partition coefficient (Wildman–Crippen LogP) is 2.32. The number of halogens is 2. The third-order valence-corrected chi connectivity index (χ3v) is 3.05. The average Bonchev–Trinajstić information content (AvgIpc) is 2.77. The standard InChI is InChI=1S/C13H15F2N3/c1-8-4-5-9(12(15)11(8)14)13(16-2)10-6-17-7-18(10)3/h4-7,13,16H,1-3H3. The van der Waals surface area contributed by atoms with Gasteiger partial charge in [0.1, 0.15) is 0 Å². The lowest BCUT2D eigenvalue weighted by Crippen LogP contribution is -2.22. The van der Waals surface area contributed by atoms with Gasteiger partial charge in [0.05, 0.1) is 24.3 Å². The SMILES string of the molecule is CNC(c1ccc(C)c(F)c1F)c1cncn1C. The van der Waals surface area contributed by atoms with E-state index in [1.807, 2.05) is 7.05 Å². The van der Waals surface area contributed by atoms with Gasteiger partial charge in [0.2, 0.25) is 0 Å². The Balaban J connectivity index is 2.53. The quantitative estimate of drug-likeness (QED) is 0.907. The summed E-state index contributed by atoms with van der Waals surface area (Å²) in [4.78, 5) is 3.99. The molecule has 0 saturated heterocycles. The van der Waals surface area contributed by atoms with E-state index in [2.05, 4.69) is 10.3 Å². The van der Waals surface area contributed by atoms with Gasteiger partial charge in [0.25, 0.3) is 0 Å². The number of aromatic nitrogens is 2. The second-order valence-corrected chi connectivity index (χ2v) is 4.25. The third kappa shape index (κ3) is 2.01. The molecule has 2 aromatic rings. The van der Waals surface area contributed by atoms with Crippen molar-refractivity contribution in [2.75, 3.05) is 7.05 Å². The van der Waals surface area contributed by atoms with E-state index in [0.717, 1.165) is 5.69 Å². The number of hydrogen-bond donors (Lipinski definition) is 1. The number of rotatable bonds is 3. The number of benzene rings is 1. The molecule has 1 aromatic carbocycles. The van der Waals surface area contributed by atoms with Gasteiger partial charge in [0.15, 0.2) is 11.6 Å². The van der Waals surface area contributed by atoms with Crippen LogP contribution >= 0.6 is 0 Å². The second kappa shape index (κ2) is 4.86. The molecule has 1 unspecified atom stereocenters. The topological polar surface area (TPSA) is 29.9 Å². The van der Waals surface area contributed by atoms with Gasteiger partial charge in [-0.2, -0.15) is 0 Å². The largest absolute Gasteiger partial charge is 0.336 e. The van der Waals surface area contributed by atoms with Gasteiger partial charge in [-0.15, -0.1) is 0 Å². The number of nitrogens with zero attached hydrogens (tertiary/aromatic N) is 2. The van der Waals surface area contributed by atoms with Crippen molar-refractivity contribution >= 4 is 0 Å². The van der Waals surface area contributed by atoms with E-state index in [-0.39, 0.29) is 5.56 Å². The molecule has 96 valence electrons. The van der Waals surface area contributed by atoms with E-state index in [1.54, 1.807) is 43.2 Å². The highest BCUT2D eigenvalue weighted by Crippen LogP contribution is 2.26. The molecule has 1 N–H and O–H groups in total. The molecule has 5 heteroatoms. The van der Waals surface area contributed by atoms with Crippen LogP contribution < -0.4 is 5.32 Å². The minimum Gasteiger partial charge on any atom is -0.336 e. The minimum atomic E-state index is -0.810. The smallest absolute Gasteiger partial charge is 0.164 e. The first-order valence-corrected chi connectivity index (χ1v) is 5.64. The third-order valence-electron chi connectivity index (χ3n) is 3.05. The zero-order chi connectivity index (χ0) is 13.3. The molecule has 0 aliphatic heterocycles. The van der Waals surface area contributed by atoms with Crippen LogP contribution in [-0.4, -0.2) is 16.6 Å². The van der Waals surface area contributed by atoms with Crippen LogP contribution in [0.25, 0.3) is 0 Å². The van der Waals surface area contributed by atoms with Crippen molar-refractivity contribution in [3.05, 3.63) is 53.1 Å². The summed E-state index contributed by atoms with van der Waals surface area (Å²) in [7, 11) is 3.52. The molecule has 1 heterocycles. The van der Waals surface area contributed by atoms with Crippen molar-refractivity contribution in [1.29, 1.82) is 0 Å². The summed E-state index contributed by atoms with van der Waals surface area (Å²) in [5, 5.41) is 2.98. The fourth-order valence-corrected chi connectivity index (χ4v) is 1.99. The summed E-state index contributed by atoms with van der Waals surface area (Å²) >= 11 is 0. The maximum atomic E-state index is 14.0. The van der Waals surface area contributed by atoms with E-state index in [0.29, 0.717) is 5.56 Å². The summed E-state index contributed by atoms with van der Waals surface area (Å²) in [5.41, 5.74) is 1.36. The van der Waals surface area contributed by atoms with Gasteiger partial charge in [0, 0.05) is 12.6 Å². The van der Waals surface area contributed by atoms with Crippen molar-refractivity contribution in [1.82, 2.24) is 14.9 Å². The van der Waals surface area contributed by atoms with Crippen LogP contribution in [0.5, 0.6) is 0 Å². The maximum Gasteiger partial charge on any atom is 0.164 e. The van der Waals surface area contributed by atoms with Gasteiger partial charge in [-0.05, 0) is 19.5 Å². The lowest BCUT2D eigenvalue weighted by atomic mass is 10.0. The molecule has 1 aromatic heterocycles. The molecule has 0 aliphatic rings. The molecule has 0 spiro atoms. The molecule has 0 amide bonds. The molecule has 18 heavy (non-hydrogen) atoms. The van der Waals surface area contributed by atoms with Crippen molar-refractivity contribution in [2.45, 2.75) is 13.0 Å². The molecule has 2 rings (SSSR count). The van der Waals surface area contributed by atoms with Gasteiger partial charge < -0.3 is 9.88 Å². The summed E-state index contributed by atoms with van der Waals surface area (Å²) in [6.07, 6.45) is 3.26. The van der Waals surface area contributed by atoms with Crippen LogP contribution in [0.2, 0.25) is 0 Å². The van der Waals surface area contributed by atoms with E-state index >= 15 is 0 Å². The van der Waals surface area contributed by atoms with E-state index in [1.165, 1.54) is 0 Å². The summed E-state index contributed by atoms with van der Waals surface area (Å²) < 4.78 is 29.4. The van der Waals surface area contributed by atoms with Crippen molar-refractivity contribution in [3.8, 4) is 0 Å². The molecule has 0 radical (unpaired) electrons. The molecule has 0 bridgehead atoms. The summed E-state index contributed by atoms with van der Waals surface area (Å²) in [6, 6.07) is 2.75. The Hall–Kier alpha value is -1.75. The minimum absolute atomic E-state index is 0.282. The normalized spacial score (nSPS) is 12.7. The monoisotopic (exact) mass is 251 g/mol. The Kier molecular flexibility index (Phi) is 3.43. The molecule has 3 nitrogen and oxygen atoms in total. The van der Waals surface area contributed by atoms with Crippen LogP contribution in [0.15, 0.2) is 24.7 Å². The fourth-order valence-electron chi connectivity index (χ4n) is 1.99. The number of aryl methyl sites for hydroxylation is 2. The molecular weight excluding hydrogens is 236 g/mol. The van der Waals surface area contributed by atoms with Crippen LogP contribution in [0.1, 0.15) is 22.9 Å². The Bertz CT molecular complexity index is 563. The number of imidazole rings is 1. The van der Waals surface area contributed by atoms with Crippen molar-refractivity contribution in [3.63, 3.8) is 0 Å². The lowest BCUT2D eigenvalue weighted by molar-refractivity contribution is 0.479. The van der Waals surface area contributed by atoms with Crippen molar-refractivity contribution in [2.24, 2.45) is 7.05 Å². The first-order chi connectivity index (χ1) is 8.56. The lowest BCUT2D eigenvalue weighted by Gasteiger charge is -2.18. The van der Waals surface area contributed by atoms with Crippen LogP contribution in [-0.2, 0) is 7.05 Å². The maximum absolute atomic E-state index is 14.0. The molecule has 1 atom stereocenters. The van der Waals surface area contributed by atoms with Gasteiger partial charge in [-0.25, -0.2) is 13.8 Å². The van der Waals surface area contributed by atoms with E-state index in [4.69, 9.17) is 0 Å². The highest BCUT2D eigenvalue weighted by molar-refractivity contribution is 5.32. The van der Waals surface area contributed by atoms with Gasteiger partial charge in [-0.1, -0.05) is 12.1 Å². The Labute approximate surface area is 104 Å². The van der Waals surface area contributed by atoms with Crippen LogP contribution in [0.3, 0.4) is 0 Å². The number of hydrogen-bond acceptors (Lipinski definition) is 2. The number of nitrogens with one attached hydrogen (secondary N) is 1. The molecule has 0 aliphatic carbocycles. The highest BCUT2D eigenvalue weighted by atomic mass is 19.2. The van der Waals surface area contributed by atoms with E-state index in [9.17, 15) is 8.78 Å². The Morgan fingerprint density at radius 3 is 2.56 bits per heavy atom. The van der Waals surface area contributed by atoms with Gasteiger partial charge >= 0.3 is 0 Å². The fraction of sp³-hybridized carbons (Fsp3) is 0.308. The zero-order valence-electron chi connectivity index (χ0n) is 10.5. The first-order valence-electron chi connectivity index (χ1n) is 5.64. The van der Waals surface area contributed by atoms with E-state index < -0.39 is 17.7 Å².